The monoisotopic (exact) mass is 391 g/mol. The summed E-state index contributed by atoms with van der Waals surface area (Å²) in [6.07, 6.45) is 2.94. The predicted molar refractivity (Wildman–Crippen MR) is 103 cm³/mol. The van der Waals surface area contributed by atoms with Gasteiger partial charge in [0.25, 0.3) is 0 Å². The zero-order chi connectivity index (χ0) is 18.9. The molecule has 2 aromatic rings. The normalized spacial score (nSPS) is 10.4. The van der Waals surface area contributed by atoms with E-state index in [9.17, 15) is 9.59 Å². The number of anilines is 1. The summed E-state index contributed by atoms with van der Waals surface area (Å²) in [5, 5.41) is 7.01. The first-order valence-corrected chi connectivity index (χ1v) is 8.18. The van der Waals surface area contributed by atoms with Crippen molar-refractivity contribution in [3.8, 4) is 5.75 Å². The van der Waals surface area contributed by atoms with E-state index in [1.54, 1.807) is 48.5 Å². The Hall–Kier alpha value is -2.83. The Labute approximate surface area is 160 Å². The average molecular weight is 392 g/mol. The van der Waals surface area contributed by atoms with Gasteiger partial charge in [-0.2, -0.15) is 5.10 Å². The fourth-order valence-corrected chi connectivity index (χ4v) is 2.25. The lowest BCUT2D eigenvalue weighted by molar-refractivity contribution is -0.136. The molecule has 0 bridgehead atoms. The fraction of sp³-hybridized carbons (Fsp3) is 0.0556. The minimum absolute atomic E-state index is 0.374. The van der Waals surface area contributed by atoms with Gasteiger partial charge in [-0.25, -0.2) is 5.43 Å². The Morgan fingerprint density at radius 3 is 2.50 bits per heavy atom. The van der Waals surface area contributed by atoms with Gasteiger partial charge >= 0.3 is 11.8 Å². The van der Waals surface area contributed by atoms with Gasteiger partial charge in [0.15, 0.2) is 0 Å². The second-order valence-corrected chi connectivity index (χ2v) is 5.79. The minimum atomic E-state index is -0.918. The number of rotatable bonds is 6. The molecule has 0 aliphatic heterocycles. The van der Waals surface area contributed by atoms with Crippen LogP contribution in [0.4, 0.5) is 5.69 Å². The summed E-state index contributed by atoms with van der Waals surface area (Å²) in [7, 11) is 0. The van der Waals surface area contributed by atoms with E-state index in [2.05, 4.69) is 22.4 Å². The highest BCUT2D eigenvalue weighted by molar-refractivity contribution is 6.39. The van der Waals surface area contributed by atoms with E-state index in [1.165, 1.54) is 6.21 Å². The van der Waals surface area contributed by atoms with Crippen LogP contribution in [0.15, 0.2) is 60.2 Å². The Morgan fingerprint density at radius 2 is 1.85 bits per heavy atom. The Balaban J connectivity index is 1.88. The number of hydrogen-bond donors (Lipinski definition) is 2. The van der Waals surface area contributed by atoms with Gasteiger partial charge in [-0.3, -0.25) is 9.59 Å². The molecular weight excluding hydrogens is 377 g/mol. The zero-order valence-electron chi connectivity index (χ0n) is 13.5. The number of ether oxygens (including phenoxy) is 1. The molecule has 0 fully saturated rings. The molecule has 2 rings (SSSR count). The summed E-state index contributed by atoms with van der Waals surface area (Å²) >= 11 is 11.8. The maximum atomic E-state index is 11.8. The van der Waals surface area contributed by atoms with Crippen LogP contribution in [0.25, 0.3) is 0 Å². The van der Waals surface area contributed by atoms with Crippen LogP contribution in [0, 0.1) is 0 Å². The topological polar surface area (TPSA) is 79.8 Å². The van der Waals surface area contributed by atoms with Gasteiger partial charge < -0.3 is 10.1 Å². The van der Waals surface area contributed by atoms with E-state index >= 15 is 0 Å². The minimum Gasteiger partial charge on any atom is -0.490 e. The van der Waals surface area contributed by atoms with Crippen LogP contribution < -0.4 is 15.5 Å². The molecule has 2 amide bonds. The third-order valence-corrected chi connectivity index (χ3v) is 3.58. The van der Waals surface area contributed by atoms with E-state index in [0.717, 1.165) is 0 Å². The van der Waals surface area contributed by atoms with Crippen molar-refractivity contribution in [3.05, 3.63) is 70.7 Å². The first-order valence-electron chi connectivity index (χ1n) is 7.43. The highest BCUT2D eigenvalue weighted by Crippen LogP contribution is 2.19. The zero-order valence-corrected chi connectivity index (χ0v) is 15.1. The molecule has 26 heavy (non-hydrogen) atoms. The maximum Gasteiger partial charge on any atom is 0.329 e. The van der Waals surface area contributed by atoms with Gasteiger partial charge in [0, 0.05) is 16.3 Å². The van der Waals surface area contributed by atoms with Crippen molar-refractivity contribution in [1.82, 2.24) is 5.43 Å². The third-order valence-electron chi connectivity index (χ3n) is 3.02. The molecule has 0 aliphatic carbocycles. The molecule has 8 heteroatoms. The molecule has 0 atom stereocenters. The number of hydrazone groups is 1. The van der Waals surface area contributed by atoms with Crippen molar-refractivity contribution in [2.75, 3.05) is 11.9 Å². The largest absolute Gasteiger partial charge is 0.490 e. The Bertz CT molecular complexity index is 836. The van der Waals surface area contributed by atoms with E-state index in [4.69, 9.17) is 27.9 Å². The summed E-state index contributed by atoms with van der Waals surface area (Å²) in [5.74, 6) is -1.15. The van der Waals surface area contributed by atoms with Crippen molar-refractivity contribution in [2.45, 2.75) is 0 Å². The van der Waals surface area contributed by atoms with E-state index in [-0.39, 0.29) is 0 Å². The lowest BCUT2D eigenvalue weighted by Crippen LogP contribution is -2.32. The van der Waals surface area contributed by atoms with Crippen LogP contribution in [0.5, 0.6) is 5.75 Å². The van der Waals surface area contributed by atoms with Crippen molar-refractivity contribution in [3.63, 3.8) is 0 Å². The predicted octanol–water partition coefficient (Wildman–Crippen LogP) is 3.65. The number of hydrogen-bond acceptors (Lipinski definition) is 4. The highest BCUT2D eigenvalue weighted by atomic mass is 35.5. The summed E-state index contributed by atoms with van der Waals surface area (Å²) < 4.78 is 5.33. The summed E-state index contributed by atoms with van der Waals surface area (Å²) in [4.78, 5) is 23.6. The lowest BCUT2D eigenvalue weighted by Gasteiger charge is -2.06. The van der Waals surface area contributed by atoms with Crippen LogP contribution in [-0.2, 0) is 9.59 Å². The molecule has 0 heterocycles. The standard InChI is InChI=1S/C18H15Cl2N3O3/c1-2-9-26-15-7-5-14(6-8-15)22-17(24)18(25)23-21-11-12-3-4-13(19)10-16(12)20/h2-8,10-11H,1,9H2,(H,22,24)(H,23,25)/b21-11-. The van der Waals surface area contributed by atoms with Crippen molar-refractivity contribution in [1.29, 1.82) is 0 Å². The van der Waals surface area contributed by atoms with E-state index in [0.29, 0.717) is 33.7 Å². The maximum absolute atomic E-state index is 11.8. The molecule has 0 saturated carbocycles. The molecule has 0 radical (unpaired) electrons. The molecule has 0 aliphatic rings. The number of amides is 2. The molecule has 0 saturated heterocycles. The quantitative estimate of drug-likeness (QED) is 0.341. The number of carbonyl (C=O) groups excluding carboxylic acids is 2. The van der Waals surface area contributed by atoms with Crippen molar-refractivity contribution in [2.24, 2.45) is 5.10 Å². The molecule has 2 aromatic carbocycles. The van der Waals surface area contributed by atoms with Gasteiger partial charge in [0.05, 0.1) is 11.2 Å². The Kier molecular flexibility index (Phi) is 7.20. The van der Waals surface area contributed by atoms with Crippen molar-refractivity contribution < 1.29 is 14.3 Å². The van der Waals surface area contributed by atoms with Crippen molar-refractivity contribution >= 4 is 46.9 Å². The summed E-state index contributed by atoms with van der Waals surface area (Å²) in [5.41, 5.74) is 3.12. The first-order chi connectivity index (χ1) is 12.5. The van der Waals surface area contributed by atoms with Gasteiger partial charge in [-0.1, -0.05) is 41.9 Å². The molecule has 6 nitrogen and oxygen atoms in total. The molecule has 2 N–H and O–H groups in total. The molecule has 0 aromatic heterocycles. The van der Waals surface area contributed by atoms with Crippen LogP contribution in [0.1, 0.15) is 5.56 Å². The van der Waals surface area contributed by atoms with Gasteiger partial charge in [-0.05, 0) is 36.4 Å². The number of carbonyl (C=O) groups is 2. The van der Waals surface area contributed by atoms with E-state index < -0.39 is 11.8 Å². The fourth-order valence-electron chi connectivity index (χ4n) is 1.79. The molecule has 134 valence electrons. The van der Waals surface area contributed by atoms with Gasteiger partial charge in [0.2, 0.25) is 0 Å². The molecule has 0 spiro atoms. The first kappa shape index (κ1) is 19.5. The number of nitrogens with one attached hydrogen (secondary N) is 2. The number of nitrogens with zero attached hydrogens (tertiary/aromatic N) is 1. The number of benzene rings is 2. The summed E-state index contributed by atoms with van der Waals surface area (Å²) in [6, 6.07) is 11.4. The second kappa shape index (κ2) is 9.60. The van der Waals surface area contributed by atoms with E-state index in [1.807, 2.05) is 0 Å². The van der Waals surface area contributed by atoms with Crippen LogP contribution in [0.2, 0.25) is 10.0 Å². The lowest BCUT2D eigenvalue weighted by atomic mass is 10.2. The highest BCUT2D eigenvalue weighted by Gasteiger charge is 2.12. The second-order valence-electron chi connectivity index (χ2n) is 4.94. The van der Waals surface area contributed by atoms with Gasteiger partial charge in [-0.15, -0.1) is 0 Å². The van der Waals surface area contributed by atoms with Crippen LogP contribution >= 0.6 is 23.2 Å². The SMILES string of the molecule is C=CCOc1ccc(NC(=O)C(=O)N/N=C\c2ccc(Cl)cc2Cl)cc1. The molecule has 0 unspecified atom stereocenters. The summed E-state index contributed by atoms with van der Waals surface area (Å²) in [6.45, 7) is 3.93. The van der Waals surface area contributed by atoms with Crippen LogP contribution in [-0.4, -0.2) is 24.6 Å². The van der Waals surface area contributed by atoms with Gasteiger partial charge in [0.1, 0.15) is 12.4 Å². The third kappa shape index (κ3) is 5.91. The molecular formula is C18H15Cl2N3O3. The smallest absolute Gasteiger partial charge is 0.329 e. The average Bonchev–Trinajstić information content (AvgIpc) is 2.62. The Morgan fingerprint density at radius 1 is 1.12 bits per heavy atom. The van der Waals surface area contributed by atoms with Crippen LogP contribution in [0.3, 0.4) is 0 Å². The number of halogens is 2.